The Morgan fingerprint density at radius 2 is 1.53 bits per heavy atom. The molecule has 0 aliphatic carbocycles. The molecule has 2 saturated heterocycles. The number of rotatable bonds is 2. The Hall–Kier alpha value is 0.170. The second-order valence-electron chi connectivity index (χ2n) is 4.59. The lowest BCUT2D eigenvalue weighted by Gasteiger charge is -2.33. The van der Waals surface area contributed by atoms with Gasteiger partial charge in [0.1, 0.15) is 0 Å². The van der Waals surface area contributed by atoms with Crippen molar-refractivity contribution >= 4 is 12.4 Å². The lowest BCUT2D eigenvalue weighted by atomic mass is 10.1. The molecule has 2 heterocycles. The molecular formula is C11H23ClN2O. The van der Waals surface area contributed by atoms with Gasteiger partial charge in [-0.1, -0.05) is 0 Å². The Morgan fingerprint density at radius 1 is 1.00 bits per heavy atom. The third-order valence-corrected chi connectivity index (χ3v) is 3.34. The van der Waals surface area contributed by atoms with E-state index in [2.05, 4.69) is 17.3 Å². The summed E-state index contributed by atoms with van der Waals surface area (Å²) in [5, 5.41) is 3.37. The Morgan fingerprint density at radius 3 is 2.13 bits per heavy atom. The highest BCUT2D eigenvalue weighted by Gasteiger charge is 2.22. The first kappa shape index (κ1) is 13.2. The Bertz CT molecular complexity index is 166. The van der Waals surface area contributed by atoms with Crippen molar-refractivity contribution < 1.29 is 4.74 Å². The molecule has 3 nitrogen and oxygen atoms in total. The van der Waals surface area contributed by atoms with Gasteiger partial charge in [0.05, 0.1) is 12.2 Å². The number of hydrogen-bond donors (Lipinski definition) is 1. The number of nitrogens with zero attached hydrogens (tertiary/aromatic N) is 1. The van der Waals surface area contributed by atoms with E-state index in [1.807, 2.05) is 0 Å². The lowest BCUT2D eigenvalue weighted by Crippen LogP contribution is -2.39. The average molecular weight is 235 g/mol. The van der Waals surface area contributed by atoms with Gasteiger partial charge in [-0.25, -0.2) is 0 Å². The zero-order chi connectivity index (χ0) is 9.80. The van der Waals surface area contributed by atoms with Gasteiger partial charge in [-0.15, -0.1) is 12.4 Å². The molecule has 2 rings (SSSR count). The van der Waals surface area contributed by atoms with E-state index < -0.39 is 0 Å². The largest absolute Gasteiger partial charge is 0.375 e. The van der Waals surface area contributed by atoms with Crippen LogP contribution in [-0.2, 0) is 4.74 Å². The molecule has 0 aromatic carbocycles. The topological polar surface area (TPSA) is 24.5 Å². The Labute approximate surface area is 99.0 Å². The maximum atomic E-state index is 6.11. The van der Waals surface area contributed by atoms with Crippen LogP contribution in [0, 0.1) is 0 Å². The van der Waals surface area contributed by atoms with E-state index >= 15 is 0 Å². The molecule has 90 valence electrons. The molecule has 2 fully saturated rings. The van der Waals surface area contributed by atoms with Crippen molar-refractivity contribution in [3.63, 3.8) is 0 Å². The minimum absolute atomic E-state index is 0. The van der Waals surface area contributed by atoms with Gasteiger partial charge in [0.25, 0.3) is 0 Å². The zero-order valence-corrected chi connectivity index (χ0v) is 10.4. The molecule has 4 heteroatoms. The molecule has 2 aliphatic heterocycles. The van der Waals surface area contributed by atoms with Gasteiger partial charge in [-0.3, -0.25) is 0 Å². The minimum atomic E-state index is 0. The van der Waals surface area contributed by atoms with Crippen molar-refractivity contribution in [2.24, 2.45) is 0 Å². The maximum absolute atomic E-state index is 6.11. The number of likely N-dealkylation sites (tertiary alicyclic amines) is 1. The SMILES string of the molecule is CN1CCC(OC2CCNCC2)CC1.Cl. The molecule has 0 aromatic heterocycles. The Kier molecular flexibility index (Phi) is 5.90. The maximum Gasteiger partial charge on any atom is 0.0603 e. The van der Waals surface area contributed by atoms with Gasteiger partial charge in [0, 0.05) is 13.1 Å². The normalized spacial score (nSPS) is 26.2. The predicted molar refractivity (Wildman–Crippen MR) is 64.7 cm³/mol. The summed E-state index contributed by atoms with van der Waals surface area (Å²) >= 11 is 0. The summed E-state index contributed by atoms with van der Waals surface area (Å²) in [6.45, 7) is 4.68. The van der Waals surface area contributed by atoms with Crippen LogP contribution in [0.1, 0.15) is 25.7 Å². The second-order valence-corrected chi connectivity index (χ2v) is 4.59. The molecule has 0 radical (unpaired) electrons. The van der Waals surface area contributed by atoms with Crippen molar-refractivity contribution in [1.29, 1.82) is 0 Å². The van der Waals surface area contributed by atoms with Crippen LogP contribution in [0.2, 0.25) is 0 Å². The molecule has 0 bridgehead atoms. The smallest absolute Gasteiger partial charge is 0.0603 e. The van der Waals surface area contributed by atoms with Gasteiger partial charge in [-0.2, -0.15) is 0 Å². The molecule has 0 atom stereocenters. The van der Waals surface area contributed by atoms with Crippen LogP contribution in [0.5, 0.6) is 0 Å². The third kappa shape index (κ3) is 4.27. The Balaban J connectivity index is 0.00000112. The highest BCUT2D eigenvalue weighted by Crippen LogP contribution is 2.17. The van der Waals surface area contributed by atoms with Crippen LogP contribution >= 0.6 is 12.4 Å². The molecule has 0 amide bonds. The van der Waals surface area contributed by atoms with Crippen LogP contribution in [-0.4, -0.2) is 50.3 Å². The number of nitrogens with one attached hydrogen (secondary N) is 1. The van der Waals surface area contributed by atoms with Gasteiger partial charge in [-0.05, 0) is 45.8 Å². The summed E-state index contributed by atoms with van der Waals surface area (Å²) in [6.07, 6.45) is 5.92. The molecule has 0 unspecified atom stereocenters. The summed E-state index contributed by atoms with van der Waals surface area (Å²) in [6, 6.07) is 0. The monoisotopic (exact) mass is 234 g/mol. The summed E-state index contributed by atoms with van der Waals surface area (Å²) in [4.78, 5) is 2.39. The summed E-state index contributed by atoms with van der Waals surface area (Å²) in [5.74, 6) is 0. The number of ether oxygens (including phenoxy) is 1. The van der Waals surface area contributed by atoms with Crippen LogP contribution in [0.25, 0.3) is 0 Å². The third-order valence-electron chi connectivity index (χ3n) is 3.34. The van der Waals surface area contributed by atoms with E-state index in [0.29, 0.717) is 12.2 Å². The van der Waals surface area contributed by atoms with Crippen LogP contribution in [0.3, 0.4) is 0 Å². The van der Waals surface area contributed by atoms with Crippen molar-refractivity contribution in [2.75, 3.05) is 33.2 Å². The van der Waals surface area contributed by atoms with Gasteiger partial charge in [0.15, 0.2) is 0 Å². The van der Waals surface area contributed by atoms with E-state index in [1.54, 1.807) is 0 Å². The second kappa shape index (κ2) is 6.69. The van der Waals surface area contributed by atoms with E-state index in [-0.39, 0.29) is 12.4 Å². The quantitative estimate of drug-likeness (QED) is 0.779. The lowest BCUT2D eigenvalue weighted by molar-refractivity contribution is -0.0505. The minimum Gasteiger partial charge on any atom is -0.375 e. The zero-order valence-electron chi connectivity index (χ0n) is 9.58. The standard InChI is InChI=1S/C11H22N2O.ClH/c1-13-8-4-11(5-9-13)14-10-2-6-12-7-3-10;/h10-12H,2-9H2,1H3;1H. The highest BCUT2D eigenvalue weighted by molar-refractivity contribution is 5.85. The molecule has 0 spiro atoms. The van der Waals surface area contributed by atoms with E-state index in [9.17, 15) is 0 Å². The number of piperidine rings is 2. The van der Waals surface area contributed by atoms with Gasteiger partial charge < -0.3 is 15.0 Å². The first-order valence-corrected chi connectivity index (χ1v) is 5.89. The van der Waals surface area contributed by atoms with E-state index in [0.717, 1.165) is 13.1 Å². The van der Waals surface area contributed by atoms with Crippen molar-refractivity contribution in [3.8, 4) is 0 Å². The van der Waals surface area contributed by atoms with Gasteiger partial charge in [0.2, 0.25) is 0 Å². The van der Waals surface area contributed by atoms with Crippen molar-refractivity contribution in [1.82, 2.24) is 10.2 Å². The highest BCUT2D eigenvalue weighted by atomic mass is 35.5. The summed E-state index contributed by atoms with van der Waals surface area (Å²) < 4.78 is 6.11. The predicted octanol–water partition coefficient (Wildman–Crippen LogP) is 1.27. The summed E-state index contributed by atoms with van der Waals surface area (Å²) in [5.41, 5.74) is 0. The van der Waals surface area contributed by atoms with Crippen LogP contribution in [0.15, 0.2) is 0 Å². The molecular weight excluding hydrogens is 212 g/mol. The fourth-order valence-electron chi connectivity index (χ4n) is 2.32. The first-order chi connectivity index (χ1) is 6.84. The summed E-state index contributed by atoms with van der Waals surface area (Å²) in [7, 11) is 2.20. The fourth-order valence-corrected chi connectivity index (χ4v) is 2.32. The molecule has 0 saturated carbocycles. The number of hydrogen-bond acceptors (Lipinski definition) is 3. The first-order valence-electron chi connectivity index (χ1n) is 5.89. The molecule has 15 heavy (non-hydrogen) atoms. The average Bonchev–Trinajstić information content (AvgIpc) is 2.23. The van der Waals surface area contributed by atoms with Crippen molar-refractivity contribution in [2.45, 2.75) is 37.9 Å². The van der Waals surface area contributed by atoms with E-state index in [4.69, 9.17) is 4.74 Å². The number of halogens is 1. The van der Waals surface area contributed by atoms with Gasteiger partial charge >= 0.3 is 0 Å². The van der Waals surface area contributed by atoms with Crippen LogP contribution < -0.4 is 5.32 Å². The van der Waals surface area contributed by atoms with E-state index in [1.165, 1.54) is 38.8 Å². The molecule has 2 aliphatic rings. The van der Waals surface area contributed by atoms with Crippen LogP contribution in [0.4, 0.5) is 0 Å². The molecule has 0 aromatic rings. The fraction of sp³-hybridized carbons (Fsp3) is 1.00. The van der Waals surface area contributed by atoms with Crippen molar-refractivity contribution in [3.05, 3.63) is 0 Å². The molecule has 1 N–H and O–H groups in total.